The maximum atomic E-state index is 13.4. The minimum Gasteiger partial charge on any atom is -0.389 e. The first-order valence-corrected chi connectivity index (χ1v) is 5.68. The molecule has 0 aliphatic heterocycles. The molecule has 0 heterocycles. The fourth-order valence-corrected chi connectivity index (χ4v) is 1.95. The largest absolute Gasteiger partial charge is 0.389 e. The van der Waals surface area contributed by atoms with Crippen LogP contribution in [0, 0.1) is 12.7 Å². The Morgan fingerprint density at radius 3 is 2.60 bits per heavy atom. The summed E-state index contributed by atoms with van der Waals surface area (Å²) in [5, 5.41) is 19.0. The predicted octanol–water partition coefficient (Wildman–Crippen LogP) is 2.53. The molecule has 2 N–H and O–H groups in total. The van der Waals surface area contributed by atoms with Crippen LogP contribution in [-0.4, -0.2) is 22.2 Å². The number of benzene rings is 1. The van der Waals surface area contributed by atoms with Crippen molar-refractivity contribution in [2.75, 3.05) is 5.88 Å². The van der Waals surface area contributed by atoms with Crippen molar-refractivity contribution in [3.63, 3.8) is 0 Å². The van der Waals surface area contributed by atoms with Gasteiger partial charge < -0.3 is 10.2 Å². The molecule has 0 aliphatic carbocycles. The second kappa shape index (κ2) is 5.25. The van der Waals surface area contributed by atoms with Gasteiger partial charge >= 0.3 is 0 Å². The summed E-state index contributed by atoms with van der Waals surface area (Å²) in [6.45, 7) is 1.77. The van der Waals surface area contributed by atoms with E-state index in [2.05, 4.69) is 15.9 Å². The van der Waals surface area contributed by atoms with E-state index in [0.717, 1.165) is 5.56 Å². The van der Waals surface area contributed by atoms with Crippen LogP contribution in [0.2, 0.25) is 0 Å². The molecule has 0 amide bonds. The molecule has 0 radical (unpaired) electrons. The van der Waals surface area contributed by atoms with Crippen molar-refractivity contribution in [3.8, 4) is 0 Å². The average molecular weight is 298 g/mol. The normalized spacial score (nSPS) is 15.1. The average Bonchev–Trinajstić information content (AvgIpc) is 2.22. The van der Waals surface area contributed by atoms with Crippen molar-refractivity contribution >= 4 is 27.5 Å². The molecular weight excluding hydrogens is 286 g/mol. The van der Waals surface area contributed by atoms with Crippen molar-refractivity contribution in [1.82, 2.24) is 0 Å². The number of rotatable bonds is 3. The van der Waals surface area contributed by atoms with Crippen LogP contribution in [0.5, 0.6) is 0 Å². The summed E-state index contributed by atoms with van der Waals surface area (Å²) in [6.07, 6.45) is -2.50. The number of aliphatic hydroxyl groups excluding tert-OH is 2. The molecular formula is C10H11BrClFO2. The fraction of sp³-hybridized carbons (Fsp3) is 0.400. The third kappa shape index (κ3) is 2.69. The van der Waals surface area contributed by atoms with Crippen LogP contribution in [-0.2, 0) is 0 Å². The van der Waals surface area contributed by atoms with Gasteiger partial charge in [-0.3, -0.25) is 0 Å². The summed E-state index contributed by atoms with van der Waals surface area (Å²) in [7, 11) is 0. The van der Waals surface area contributed by atoms with Crippen molar-refractivity contribution in [1.29, 1.82) is 0 Å². The van der Waals surface area contributed by atoms with Gasteiger partial charge in [0.2, 0.25) is 0 Å². The Labute approximate surface area is 101 Å². The molecule has 2 nitrogen and oxygen atoms in total. The lowest BCUT2D eigenvalue weighted by molar-refractivity contribution is 0.0299. The monoisotopic (exact) mass is 296 g/mol. The highest BCUT2D eigenvalue weighted by molar-refractivity contribution is 9.10. The lowest BCUT2D eigenvalue weighted by Gasteiger charge is -2.18. The van der Waals surface area contributed by atoms with Crippen LogP contribution in [0.25, 0.3) is 0 Å². The first-order chi connectivity index (χ1) is 6.99. The molecule has 1 aromatic rings. The van der Waals surface area contributed by atoms with Crippen molar-refractivity contribution in [3.05, 3.63) is 33.5 Å². The van der Waals surface area contributed by atoms with Crippen LogP contribution in [0.4, 0.5) is 4.39 Å². The summed E-state index contributed by atoms with van der Waals surface area (Å²) in [5.74, 6) is -0.717. The van der Waals surface area contributed by atoms with Gasteiger partial charge in [0.05, 0.1) is 12.0 Å². The van der Waals surface area contributed by atoms with E-state index in [1.54, 1.807) is 13.0 Å². The third-order valence-corrected chi connectivity index (χ3v) is 3.51. The van der Waals surface area contributed by atoms with Gasteiger partial charge in [-0.1, -0.05) is 22.0 Å². The van der Waals surface area contributed by atoms with Crippen molar-refractivity contribution in [2.45, 2.75) is 19.1 Å². The van der Waals surface area contributed by atoms with Crippen LogP contribution < -0.4 is 0 Å². The molecule has 2 unspecified atom stereocenters. The van der Waals surface area contributed by atoms with E-state index in [-0.39, 0.29) is 11.4 Å². The Bertz CT molecular complexity index is 360. The molecule has 0 bridgehead atoms. The molecule has 0 saturated heterocycles. The van der Waals surface area contributed by atoms with Crippen LogP contribution in [0.3, 0.4) is 0 Å². The van der Waals surface area contributed by atoms with Crippen LogP contribution in [0.15, 0.2) is 16.6 Å². The Morgan fingerprint density at radius 2 is 2.07 bits per heavy atom. The number of alkyl halides is 1. The summed E-state index contributed by atoms with van der Waals surface area (Å²) < 4.78 is 13.9. The number of hydrogen-bond acceptors (Lipinski definition) is 2. The molecule has 15 heavy (non-hydrogen) atoms. The van der Waals surface area contributed by atoms with Crippen molar-refractivity contribution in [2.24, 2.45) is 0 Å². The predicted molar refractivity (Wildman–Crippen MR) is 60.5 cm³/mol. The highest BCUT2D eigenvalue weighted by Crippen LogP contribution is 2.31. The van der Waals surface area contributed by atoms with E-state index < -0.39 is 18.0 Å². The second-order valence-electron chi connectivity index (χ2n) is 3.26. The lowest BCUT2D eigenvalue weighted by atomic mass is 10.0. The minimum absolute atomic E-state index is 0.0446. The third-order valence-electron chi connectivity index (χ3n) is 2.14. The van der Waals surface area contributed by atoms with Gasteiger partial charge in [-0.15, -0.1) is 11.6 Å². The van der Waals surface area contributed by atoms with Gasteiger partial charge in [-0.25, -0.2) is 4.39 Å². The Balaban J connectivity index is 3.18. The lowest BCUT2D eigenvalue weighted by Crippen LogP contribution is -2.21. The first-order valence-electron chi connectivity index (χ1n) is 4.35. The zero-order valence-electron chi connectivity index (χ0n) is 8.04. The number of halogens is 3. The molecule has 0 aliphatic rings. The summed E-state index contributed by atoms with van der Waals surface area (Å²) in [4.78, 5) is 0. The Morgan fingerprint density at radius 1 is 1.47 bits per heavy atom. The highest BCUT2D eigenvalue weighted by Gasteiger charge is 2.23. The van der Waals surface area contributed by atoms with Gasteiger partial charge in [0.25, 0.3) is 0 Å². The number of hydrogen-bond donors (Lipinski definition) is 2. The summed E-state index contributed by atoms with van der Waals surface area (Å²) in [6, 6.07) is 2.84. The summed E-state index contributed by atoms with van der Waals surface area (Å²) >= 11 is 8.57. The van der Waals surface area contributed by atoms with Gasteiger partial charge in [-0.05, 0) is 18.6 Å². The fourth-order valence-electron chi connectivity index (χ4n) is 1.23. The molecule has 0 aromatic heterocycles. The Kier molecular flexibility index (Phi) is 4.52. The standard InChI is InChI=1S/C10H11BrClFO2/c1-5-2-3-6(13)8(9(5)11)10(15)7(14)4-12/h2-3,7,10,14-15H,4H2,1H3. The quantitative estimate of drug-likeness (QED) is 0.842. The molecule has 0 saturated carbocycles. The van der Waals surface area contributed by atoms with Crippen LogP contribution in [0.1, 0.15) is 17.2 Å². The van der Waals surface area contributed by atoms with Gasteiger partial charge in [0.15, 0.2) is 0 Å². The highest BCUT2D eigenvalue weighted by atomic mass is 79.9. The minimum atomic E-state index is -1.32. The van der Waals surface area contributed by atoms with Crippen LogP contribution >= 0.6 is 27.5 Å². The molecule has 2 atom stereocenters. The molecule has 5 heteroatoms. The molecule has 0 spiro atoms. The van der Waals surface area contributed by atoms with E-state index >= 15 is 0 Å². The van der Waals surface area contributed by atoms with Gasteiger partial charge in [0, 0.05) is 10.0 Å². The second-order valence-corrected chi connectivity index (χ2v) is 4.36. The molecule has 84 valence electrons. The zero-order valence-corrected chi connectivity index (χ0v) is 10.4. The molecule has 1 rings (SSSR count). The maximum absolute atomic E-state index is 13.4. The van der Waals surface area contributed by atoms with Crippen molar-refractivity contribution < 1.29 is 14.6 Å². The van der Waals surface area contributed by atoms with E-state index in [4.69, 9.17) is 11.6 Å². The topological polar surface area (TPSA) is 40.5 Å². The van der Waals surface area contributed by atoms with E-state index in [0.29, 0.717) is 4.47 Å². The Hall–Kier alpha value is -0.160. The van der Waals surface area contributed by atoms with E-state index in [1.807, 2.05) is 0 Å². The van der Waals surface area contributed by atoms with E-state index in [1.165, 1.54) is 6.07 Å². The van der Waals surface area contributed by atoms with E-state index in [9.17, 15) is 14.6 Å². The number of aryl methyl sites for hydroxylation is 1. The molecule has 1 aromatic carbocycles. The molecule has 0 fully saturated rings. The first kappa shape index (κ1) is 12.9. The van der Waals surface area contributed by atoms with Gasteiger partial charge in [-0.2, -0.15) is 0 Å². The maximum Gasteiger partial charge on any atom is 0.130 e. The zero-order chi connectivity index (χ0) is 11.6. The SMILES string of the molecule is Cc1ccc(F)c(C(O)C(O)CCl)c1Br. The van der Waals surface area contributed by atoms with Gasteiger partial charge in [0.1, 0.15) is 11.9 Å². The smallest absolute Gasteiger partial charge is 0.130 e. The number of aliphatic hydroxyl groups is 2. The summed E-state index contributed by atoms with van der Waals surface area (Å²) in [5.41, 5.74) is 0.829.